The zero-order valence-electron chi connectivity index (χ0n) is 16.5. The lowest BCUT2D eigenvalue weighted by molar-refractivity contribution is 0.0621. The third-order valence-corrected chi connectivity index (χ3v) is 6.35. The molecule has 2 aliphatic heterocycles. The summed E-state index contributed by atoms with van der Waals surface area (Å²) in [7, 11) is 0. The van der Waals surface area contributed by atoms with Gasteiger partial charge in [0, 0.05) is 51.9 Å². The van der Waals surface area contributed by atoms with Crippen LogP contribution in [-0.2, 0) is 19.5 Å². The van der Waals surface area contributed by atoms with Crippen LogP contribution >= 0.6 is 11.8 Å². The second-order valence-electron chi connectivity index (χ2n) is 7.47. The van der Waals surface area contributed by atoms with Gasteiger partial charge in [-0.3, -0.25) is 9.69 Å². The molecule has 0 bridgehead atoms. The Morgan fingerprint density at radius 1 is 1.21 bits per heavy atom. The molecule has 4 heterocycles. The van der Waals surface area contributed by atoms with Gasteiger partial charge in [0.15, 0.2) is 0 Å². The van der Waals surface area contributed by atoms with Crippen molar-refractivity contribution in [2.45, 2.75) is 50.1 Å². The molecule has 2 aromatic heterocycles. The van der Waals surface area contributed by atoms with Crippen molar-refractivity contribution in [2.75, 3.05) is 26.2 Å². The Morgan fingerprint density at radius 3 is 2.76 bits per heavy atom. The van der Waals surface area contributed by atoms with Crippen LogP contribution in [-0.4, -0.2) is 62.2 Å². The van der Waals surface area contributed by atoms with Crippen LogP contribution < -0.4 is 0 Å². The lowest BCUT2D eigenvalue weighted by Crippen LogP contribution is -2.48. The summed E-state index contributed by atoms with van der Waals surface area (Å²) >= 11 is 0.323. The summed E-state index contributed by atoms with van der Waals surface area (Å²) in [6.45, 7) is 6.60. The van der Waals surface area contributed by atoms with E-state index in [0.717, 1.165) is 38.3 Å². The highest BCUT2D eigenvalue weighted by atomic mass is 32.2. The number of aromatic nitrogens is 3. The first-order valence-corrected chi connectivity index (χ1v) is 10.9. The van der Waals surface area contributed by atoms with Crippen molar-refractivity contribution in [2.24, 2.45) is 0 Å². The third kappa shape index (κ3) is 4.45. The summed E-state index contributed by atoms with van der Waals surface area (Å²) in [6.07, 6.45) is 4.89. The van der Waals surface area contributed by atoms with E-state index in [9.17, 15) is 13.6 Å². The van der Waals surface area contributed by atoms with Gasteiger partial charge in [0.05, 0.1) is 17.0 Å². The number of thioether (sulfide) groups is 1. The summed E-state index contributed by atoms with van der Waals surface area (Å²) in [6, 6.07) is 3.19. The molecule has 0 saturated carbocycles. The Hall–Kier alpha value is -2.00. The fraction of sp³-hybridized carbons (Fsp3) is 0.550. The highest BCUT2D eigenvalue weighted by Crippen LogP contribution is 2.27. The molecule has 0 unspecified atom stereocenters. The van der Waals surface area contributed by atoms with Crippen molar-refractivity contribution in [1.29, 1.82) is 0 Å². The normalized spacial score (nSPS) is 17.6. The molecule has 2 aliphatic rings. The fourth-order valence-electron chi connectivity index (χ4n) is 4.10. The highest BCUT2D eigenvalue weighted by molar-refractivity contribution is 7.99. The molecule has 1 amide bonds. The van der Waals surface area contributed by atoms with Crippen molar-refractivity contribution < 1.29 is 13.6 Å². The van der Waals surface area contributed by atoms with Crippen molar-refractivity contribution in [1.82, 2.24) is 24.3 Å². The van der Waals surface area contributed by atoms with Gasteiger partial charge >= 0.3 is 0 Å². The van der Waals surface area contributed by atoms with E-state index in [1.807, 2.05) is 0 Å². The molecule has 1 saturated heterocycles. The number of piperazine rings is 1. The van der Waals surface area contributed by atoms with Crippen LogP contribution in [0.25, 0.3) is 0 Å². The molecule has 0 radical (unpaired) electrons. The average molecular weight is 422 g/mol. The van der Waals surface area contributed by atoms with Crippen molar-refractivity contribution in [3.63, 3.8) is 0 Å². The van der Waals surface area contributed by atoms with Crippen LogP contribution in [0.2, 0.25) is 0 Å². The van der Waals surface area contributed by atoms with Gasteiger partial charge < -0.3 is 9.47 Å². The van der Waals surface area contributed by atoms with Gasteiger partial charge in [-0.15, -0.1) is 0 Å². The van der Waals surface area contributed by atoms with Gasteiger partial charge in [0.25, 0.3) is 11.7 Å². The maximum absolute atomic E-state index is 12.9. The number of carbonyl (C=O) groups is 1. The molecule has 0 N–H and O–H groups in total. The summed E-state index contributed by atoms with van der Waals surface area (Å²) in [5.74, 6) is -1.63. The molecule has 2 aromatic rings. The number of amides is 1. The van der Waals surface area contributed by atoms with E-state index < -0.39 is 5.76 Å². The minimum Gasteiger partial charge on any atom is -0.336 e. The molecule has 29 heavy (non-hydrogen) atoms. The third-order valence-electron chi connectivity index (χ3n) is 5.62. The summed E-state index contributed by atoms with van der Waals surface area (Å²) in [4.78, 5) is 25.6. The smallest absolute Gasteiger partial charge is 0.290 e. The van der Waals surface area contributed by atoms with Gasteiger partial charge in [0.1, 0.15) is 10.9 Å². The number of imidazole rings is 1. The second kappa shape index (κ2) is 8.79. The highest BCUT2D eigenvalue weighted by Gasteiger charge is 2.27. The molecule has 4 rings (SSSR count). The number of fused-ring (bicyclic) bond motifs is 1. The number of alkyl halides is 2. The zero-order chi connectivity index (χ0) is 20.4. The van der Waals surface area contributed by atoms with E-state index in [-0.39, 0.29) is 16.5 Å². The number of pyridine rings is 1. The maximum atomic E-state index is 12.9. The molecule has 1 fully saturated rings. The summed E-state index contributed by atoms with van der Waals surface area (Å²) < 4.78 is 27.9. The van der Waals surface area contributed by atoms with Crippen LogP contribution in [0.15, 0.2) is 23.4 Å². The Balaban J connectivity index is 1.39. The SMILES string of the molecule is Cc1nc2n(c1CN1CCN(C(=O)c3cccnc3SC(F)F)CC1)CCCC2. The van der Waals surface area contributed by atoms with Crippen LogP contribution in [0.5, 0.6) is 0 Å². The molecule has 0 aromatic carbocycles. The number of hydrogen-bond acceptors (Lipinski definition) is 5. The van der Waals surface area contributed by atoms with Crippen LogP contribution in [0.3, 0.4) is 0 Å². The quantitative estimate of drug-likeness (QED) is 0.694. The predicted octanol–water partition coefficient (Wildman–Crippen LogP) is 3.20. The predicted molar refractivity (Wildman–Crippen MR) is 107 cm³/mol. The van der Waals surface area contributed by atoms with Gasteiger partial charge in [-0.1, -0.05) is 0 Å². The molecular formula is C20H25F2N5OS. The van der Waals surface area contributed by atoms with Gasteiger partial charge in [-0.05, 0) is 43.7 Å². The van der Waals surface area contributed by atoms with Crippen LogP contribution in [0, 0.1) is 6.92 Å². The van der Waals surface area contributed by atoms with Gasteiger partial charge in [-0.2, -0.15) is 8.78 Å². The average Bonchev–Trinajstić information content (AvgIpc) is 3.03. The number of hydrogen-bond donors (Lipinski definition) is 0. The Morgan fingerprint density at radius 2 is 2.00 bits per heavy atom. The molecule has 6 nitrogen and oxygen atoms in total. The van der Waals surface area contributed by atoms with Crippen molar-refractivity contribution >= 4 is 17.7 Å². The first kappa shape index (κ1) is 20.3. The second-order valence-corrected chi connectivity index (χ2v) is 8.45. The standard InChI is InChI=1S/C20H25F2N5OS/c1-14-16(27-8-3-2-6-17(27)24-14)13-25-9-11-26(12-10-25)19(28)15-5-4-7-23-18(15)29-20(21)22/h4-5,7,20H,2-3,6,8-13H2,1H3. The fourth-order valence-corrected chi connectivity index (χ4v) is 4.67. The first-order chi connectivity index (χ1) is 14.0. The van der Waals surface area contributed by atoms with E-state index in [1.165, 1.54) is 30.6 Å². The Labute approximate surface area is 173 Å². The molecule has 0 aliphatic carbocycles. The van der Waals surface area contributed by atoms with Gasteiger partial charge in [0.2, 0.25) is 0 Å². The van der Waals surface area contributed by atoms with Gasteiger partial charge in [-0.25, -0.2) is 9.97 Å². The minimum atomic E-state index is -2.60. The topological polar surface area (TPSA) is 54.3 Å². The maximum Gasteiger partial charge on any atom is 0.290 e. The molecule has 156 valence electrons. The van der Waals surface area contributed by atoms with E-state index >= 15 is 0 Å². The van der Waals surface area contributed by atoms with Crippen molar-refractivity contribution in [3.05, 3.63) is 41.1 Å². The van der Waals surface area contributed by atoms with E-state index in [0.29, 0.717) is 24.9 Å². The molecule has 9 heteroatoms. The Bertz CT molecular complexity index is 880. The zero-order valence-corrected chi connectivity index (χ0v) is 17.3. The molecule has 0 spiro atoms. The largest absolute Gasteiger partial charge is 0.336 e. The first-order valence-electron chi connectivity index (χ1n) is 9.99. The van der Waals surface area contributed by atoms with Crippen LogP contribution in [0.1, 0.15) is 40.4 Å². The summed E-state index contributed by atoms with van der Waals surface area (Å²) in [5, 5.41) is 0.0939. The Kier molecular flexibility index (Phi) is 6.15. The van der Waals surface area contributed by atoms with Crippen LogP contribution in [0.4, 0.5) is 8.78 Å². The number of carbonyl (C=O) groups excluding carboxylic acids is 1. The lowest BCUT2D eigenvalue weighted by Gasteiger charge is -2.35. The monoisotopic (exact) mass is 421 g/mol. The number of nitrogens with zero attached hydrogens (tertiary/aromatic N) is 5. The number of rotatable bonds is 5. The number of aryl methyl sites for hydroxylation is 2. The minimum absolute atomic E-state index is 0.0939. The van der Waals surface area contributed by atoms with E-state index in [2.05, 4.69) is 21.4 Å². The summed E-state index contributed by atoms with van der Waals surface area (Å²) in [5.41, 5.74) is 2.64. The number of halogens is 2. The van der Waals surface area contributed by atoms with E-state index in [1.54, 1.807) is 17.0 Å². The van der Waals surface area contributed by atoms with Crippen molar-refractivity contribution in [3.8, 4) is 0 Å². The molecular weight excluding hydrogens is 396 g/mol. The lowest BCUT2D eigenvalue weighted by atomic mass is 10.1. The van der Waals surface area contributed by atoms with E-state index in [4.69, 9.17) is 4.98 Å². The molecule has 0 atom stereocenters.